The highest BCUT2D eigenvalue weighted by atomic mass is 15.3. The number of rotatable bonds is 4. The zero-order valence-corrected chi connectivity index (χ0v) is 10.4. The molecule has 0 aromatic heterocycles. The maximum absolute atomic E-state index is 3.30. The van der Waals surface area contributed by atoms with Crippen molar-refractivity contribution in [3.63, 3.8) is 0 Å². The van der Waals surface area contributed by atoms with Crippen LogP contribution in [0.5, 0.6) is 0 Å². The van der Waals surface area contributed by atoms with Crippen molar-refractivity contribution < 1.29 is 0 Å². The number of hydrogen-bond acceptors (Lipinski definition) is 3. The lowest BCUT2D eigenvalue weighted by Crippen LogP contribution is -2.57. The predicted molar refractivity (Wildman–Crippen MR) is 64.2 cm³/mol. The van der Waals surface area contributed by atoms with Gasteiger partial charge in [0.2, 0.25) is 0 Å². The van der Waals surface area contributed by atoms with Crippen molar-refractivity contribution >= 4 is 0 Å². The minimum absolute atomic E-state index is 0.310. The molecule has 3 nitrogen and oxygen atoms in total. The van der Waals surface area contributed by atoms with E-state index in [9.17, 15) is 0 Å². The third kappa shape index (κ3) is 2.71. The van der Waals surface area contributed by atoms with Crippen LogP contribution >= 0.6 is 0 Å². The Morgan fingerprint density at radius 2 is 1.73 bits per heavy atom. The Hall–Kier alpha value is -0.120. The second kappa shape index (κ2) is 4.40. The van der Waals surface area contributed by atoms with E-state index in [0.29, 0.717) is 5.54 Å². The third-order valence-electron chi connectivity index (χ3n) is 3.84. The molecule has 1 aliphatic carbocycles. The van der Waals surface area contributed by atoms with Crippen LogP contribution in [-0.2, 0) is 0 Å². The molecular formula is C12H25N3. The first kappa shape index (κ1) is 11.4. The molecule has 1 saturated heterocycles. The highest BCUT2D eigenvalue weighted by Gasteiger charge is 2.34. The van der Waals surface area contributed by atoms with Crippen LogP contribution in [0.4, 0.5) is 0 Å². The summed E-state index contributed by atoms with van der Waals surface area (Å²) in [5.41, 5.74) is 0.310. The van der Waals surface area contributed by atoms with Crippen LogP contribution in [0.15, 0.2) is 0 Å². The second-order valence-corrected chi connectivity index (χ2v) is 5.60. The summed E-state index contributed by atoms with van der Waals surface area (Å²) in [6.07, 6.45) is 2.89. The maximum Gasteiger partial charge on any atom is 0.0278 e. The molecule has 1 N–H and O–H groups in total. The summed E-state index contributed by atoms with van der Waals surface area (Å²) in [4.78, 5) is 5.30. The zero-order valence-electron chi connectivity index (χ0n) is 10.4. The van der Waals surface area contributed by atoms with Crippen molar-refractivity contribution in [3.8, 4) is 0 Å². The van der Waals surface area contributed by atoms with Gasteiger partial charge >= 0.3 is 0 Å². The summed E-state index contributed by atoms with van der Waals surface area (Å²) in [7, 11) is 2.04. The molecule has 3 heteroatoms. The monoisotopic (exact) mass is 211 g/mol. The molecule has 0 aromatic rings. The molecule has 88 valence electrons. The largest absolute Gasteiger partial charge is 0.318 e. The third-order valence-corrected chi connectivity index (χ3v) is 3.84. The quantitative estimate of drug-likeness (QED) is 0.741. The van der Waals surface area contributed by atoms with Crippen molar-refractivity contribution in [2.45, 2.75) is 38.3 Å². The summed E-state index contributed by atoms with van der Waals surface area (Å²) in [5, 5.41) is 3.30. The van der Waals surface area contributed by atoms with E-state index in [1.165, 1.54) is 39.0 Å². The molecule has 0 aromatic carbocycles. The molecule has 0 radical (unpaired) electrons. The van der Waals surface area contributed by atoms with Gasteiger partial charge in [-0.05, 0) is 33.7 Å². The molecule has 0 amide bonds. The van der Waals surface area contributed by atoms with Crippen LogP contribution in [0, 0.1) is 0 Å². The smallest absolute Gasteiger partial charge is 0.0278 e. The fourth-order valence-corrected chi connectivity index (χ4v) is 2.68. The normalized spacial score (nSPS) is 25.8. The van der Waals surface area contributed by atoms with Gasteiger partial charge in [0.1, 0.15) is 0 Å². The first-order chi connectivity index (χ1) is 7.13. The van der Waals surface area contributed by atoms with E-state index in [0.717, 1.165) is 12.6 Å². The van der Waals surface area contributed by atoms with Crippen LogP contribution in [0.25, 0.3) is 0 Å². The van der Waals surface area contributed by atoms with Crippen LogP contribution in [0.2, 0.25) is 0 Å². The number of nitrogens with zero attached hydrogens (tertiary/aromatic N) is 2. The molecule has 0 atom stereocenters. The molecule has 1 heterocycles. The molecule has 2 rings (SSSR count). The maximum atomic E-state index is 3.30. The summed E-state index contributed by atoms with van der Waals surface area (Å²) >= 11 is 0. The van der Waals surface area contributed by atoms with Gasteiger partial charge in [0, 0.05) is 44.3 Å². The number of likely N-dealkylation sites (N-methyl/N-ethyl adjacent to an activating group) is 1. The minimum Gasteiger partial charge on any atom is -0.318 e. The molecule has 0 spiro atoms. The number of hydrogen-bond donors (Lipinski definition) is 1. The molecule has 15 heavy (non-hydrogen) atoms. The Morgan fingerprint density at radius 3 is 2.20 bits per heavy atom. The Bertz CT molecular complexity index is 203. The summed E-state index contributed by atoms with van der Waals surface area (Å²) in [5.74, 6) is 0. The molecule has 1 saturated carbocycles. The second-order valence-electron chi connectivity index (χ2n) is 5.60. The van der Waals surface area contributed by atoms with Gasteiger partial charge in [-0.15, -0.1) is 0 Å². The van der Waals surface area contributed by atoms with Gasteiger partial charge in [-0.2, -0.15) is 0 Å². The van der Waals surface area contributed by atoms with Crippen molar-refractivity contribution in [2.24, 2.45) is 0 Å². The van der Waals surface area contributed by atoms with Crippen LogP contribution in [-0.4, -0.2) is 61.2 Å². The molecular weight excluding hydrogens is 186 g/mol. The van der Waals surface area contributed by atoms with E-state index in [4.69, 9.17) is 0 Å². The SMILES string of the molecule is CNCC(C)(C)N1CCN(C2CC2)CC1. The van der Waals surface area contributed by atoms with Crippen molar-refractivity contribution in [1.82, 2.24) is 15.1 Å². The molecule has 0 bridgehead atoms. The molecule has 2 aliphatic rings. The van der Waals surface area contributed by atoms with Gasteiger partial charge in [-0.1, -0.05) is 0 Å². The Morgan fingerprint density at radius 1 is 1.13 bits per heavy atom. The molecule has 1 aliphatic heterocycles. The lowest BCUT2D eigenvalue weighted by molar-refractivity contribution is 0.0499. The first-order valence-corrected chi connectivity index (χ1v) is 6.27. The van der Waals surface area contributed by atoms with E-state index in [1.807, 2.05) is 7.05 Å². The molecule has 0 unspecified atom stereocenters. The van der Waals surface area contributed by atoms with E-state index in [1.54, 1.807) is 0 Å². The highest BCUT2D eigenvalue weighted by molar-refractivity contribution is 4.91. The van der Waals surface area contributed by atoms with Crippen molar-refractivity contribution in [2.75, 3.05) is 39.8 Å². The van der Waals surface area contributed by atoms with E-state index < -0.39 is 0 Å². The van der Waals surface area contributed by atoms with E-state index in [-0.39, 0.29) is 0 Å². The van der Waals surface area contributed by atoms with Gasteiger partial charge in [-0.3, -0.25) is 9.80 Å². The van der Waals surface area contributed by atoms with E-state index in [2.05, 4.69) is 29.0 Å². The van der Waals surface area contributed by atoms with Gasteiger partial charge in [0.05, 0.1) is 0 Å². The average molecular weight is 211 g/mol. The van der Waals surface area contributed by atoms with Crippen LogP contribution in [0.3, 0.4) is 0 Å². The Labute approximate surface area is 93.8 Å². The van der Waals surface area contributed by atoms with Gasteiger partial charge < -0.3 is 5.32 Å². The summed E-state index contributed by atoms with van der Waals surface area (Å²) in [6.45, 7) is 10.8. The van der Waals surface area contributed by atoms with Gasteiger partial charge in [0.15, 0.2) is 0 Å². The summed E-state index contributed by atoms with van der Waals surface area (Å²) in [6, 6.07) is 0.944. The lowest BCUT2D eigenvalue weighted by atomic mass is 10.0. The van der Waals surface area contributed by atoms with Gasteiger partial charge in [0.25, 0.3) is 0 Å². The van der Waals surface area contributed by atoms with Crippen molar-refractivity contribution in [1.29, 1.82) is 0 Å². The number of piperazine rings is 1. The zero-order chi connectivity index (χ0) is 10.9. The Balaban J connectivity index is 1.81. The van der Waals surface area contributed by atoms with Crippen molar-refractivity contribution in [3.05, 3.63) is 0 Å². The van der Waals surface area contributed by atoms with Crippen LogP contribution in [0.1, 0.15) is 26.7 Å². The average Bonchev–Trinajstić information content (AvgIpc) is 3.01. The summed E-state index contributed by atoms with van der Waals surface area (Å²) < 4.78 is 0. The first-order valence-electron chi connectivity index (χ1n) is 6.27. The highest BCUT2D eigenvalue weighted by Crippen LogP contribution is 2.28. The van der Waals surface area contributed by atoms with Gasteiger partial charge in [-0.25, -0.2) is 0 Å². The van der Waals surface area contributed by atoms with Crippen LogP contribution < -0.4 is 5.32 Å². The number of nitrogens with one attached hydrogen (secondary N) is 1. The molecule has 2 fully saturated rings. The van der Waals surface area contributed by atoms with E-state index >= 15 is 0 Å². The Kier molecular flexibility index (Phi) is 3.33. The minimum atomic E-state index is 0.310. The lowest BCUT2D eigenvalue weighted by Gasteiger charge is -2.44. The standard InChI is InChI=1S/C12H25N3/c1-12(2,10-13-3)15-8-6-14(7-9-15)11-4-5-11/h11,13H,4-10H2,1-3H3. The fraction of sp³-hybridized carbons (Fsp3) is 1.00. The predicted octanol–water partition coefficient (Wildman–Crippen LogP) is 0.764. The fourth-order valence-electron chi connectivity index (χ4n) is 2.68. The topological polar surface area (TPSA) is 18.5 Å².